The van der Waals surface area contributed by atoms with Crippen LogP contribution >= 0.6 is 11.6 Å². The lowest BCUT2D eigenvalue weighted by Gasteiger charge is -2.29. The fourth-order valence-corrected chi connectivity index (χ4v) is 2.59. The molecule has 1 aromatic rings. The first kappa shape index (κ1) is 16.9. The average molecular weight is 337 g/mol. The molecule has 2 N–H and O–H groups in total. The Bertz CT molecular complexity index is 543. The number of benzene rings is 1. The van der Waals surface area contributed by atoms with Gasteiger partial charge >= 0.3 is 12.2 Å². The molecule has 0 spiro atoms. The fourth-order valence-electron chi connectivity index (χ4n) is 2.29. The van der Waals surface area contributed by atoms with Crippen molar-refractivity contribution in [1.82, 2.24) is 10.2 Å². The molecule has 2 rings (SSSR count). The molecule has 122 valence electrons. The molecule has 0 aliphatic carbocycles. The number of rotatable bonds is 2. The second kappa shape index (κ2) is 6.75. The summed E-state index contributed by atoms with van der Waals surface area (Å²) >= 11 is 5.76. The Labute approximate surface area is 130 Å². The summed E-state index contributed by atoms with van der Waals surface area (Å²) in [5.41, 5.74) is -0.705. The van der Waals surface area contributed by atoms with E-state index in [9.17, 15) is 23.1 Å². The van der Waals surface area contributed by atoms with Gasteiger partial charge in [0.05, 0.1) is 16.7 Å². The number of nitrogens with zero attached hydrogens (tertiary/aromatic N) is 1. The molecule has 0 atom stereocenters. The predicted octanol–water partition coefficient (Wildman–Crippen LogP) is 3.03. The first-order valence-electron chi connectivity index (χ1n) is 6.84. The van der Waals surface area contributed by atoms with Gasteiger partial charge in [0.1, 0.15) is 0 Å². The van der Waals surface area contributed by atoms with E-state index in [2.05, 4.69) is 5.32 Å². The Morgan fingerprint density at radius 3 is 2.59 bits per heavy atom. The minimum Gasteiger partial charge on any atom is -0.393 e. The van der Waals surface area contributed by atoms with Gasteiger partial charge in [0, 0.05) is 19.6 Å². The van der Waals surface area contributed by atoms with Crippen molar-refractivity contribution in [3.63, 3.8) is 0 Å². The molecule has 1 fully saturated rings. The van der Waals surface area contributed by atoms with Crippen molar-refractivity contribution < 1.29 is 23.1 Å². The SMILES string of the molecule is O=C(NCc1cccc(C(F)(F)F)c1Cl)N1CCC(O)CC1. The van der Waals surface area contributed by atoms with Crippen LogP contribution in [0, 0.1) is 0 Å². The quantitative estimate of drug-likeness (QED) is 0.872. The number of halogens is 4. The van der Waals surface area contributed by atoms with Gasteiger partial charge in [0.15, 0.2) is 0 Å². The number of urea groups is 1. The second-order valence-corrected chi connectivity index (χ2v) is 5.53. The van der Waals surface area contributed by atoms with E-state index in [0.717, 1.165) is 6.07 Å². The highest BCUT2D eigenvalue weighted by molar-refractivity contribution is 6.32. The van der Waals surface area contributed by atoms with Crippen molar-refractivity contribution >= 4 is 17.6 Å². The zero-order chi connectivity index (χ0) is 16.3. The summed E-state index contributed by atoms with van der Waals surface area (Å²) in [4.78, 5) is 13.5. The molecule has 0 bridgehead atoms. The van der Waals surface area contributed by atoms with Crippen LogP contribution in [0.25, 0.3) is 0 Å². The van der Waals surface area contributed by atoms with Gasteiger partial charge in [0.2, 0.25) is 0 Å². The van der Waals surface area contributed by atoms with Gasteiger partial charge < -0.3 is 15.3 Å². The standard InChI is InChI=1S/C14H16ClF3N2O2/c15-12-9(2-1-3-11(12)14(16,17)18)8-19-13(22)20-6-4-10(21)5-7-20/h1-3,10,21H,4-8H2,(H,19,22). The zero-order valence-electron chi connectivity index (χ0n) is 11.7. The van der Waals surface area contributed by atoms with Crippen LogP contribution in [0.4, 0.5) is 18.0 Å². The van der Waals surface area contributed by atoms with Crippen LogP contribution in [0.5, 0.6) is 0 Å². The molecule has 8 heteroatoms. The van der Waals surface area contributed by atoms with Crippen molar-refractivity contribution in [2.24, 2.45) is 0 Å². The van der Waals surface area contributed by atoms with Crippen LogP contribution in [0.3, 0.4) is 0 Å². The van der Waals surface area contributed by atoms with Crippen LogP contribution in [0.2, 0.25) is 5.02 Å². The highest BCUT2D eigenvalue weighted by Gasteiger charge is 2.33. The summed E-state index contributed by atoms with van der Waals surface area (Å²) in [6, 6.07) is 3.23. The number of carbonyl (C=O) groups is 1. The van der Waals surface area contributed by atoms with E-state index >= 15 is 0 Å². The molecular weight excluding hydrogens is 321 g/mol. The van der Waals surface area contributed by atoms with E-state index in [1.54, 1.807) is 0 Å². The number of likely N-dealkylation sites (tertiary alicyclic amines) is 1. The van der Waals surface area contributed by atoms with Crippen LogP contribution in [-0.2, 0) is 12.7 Å². The van der Waals surface area contributed by atoms with Gasteiger partial charge in [-0.1, -0.05) is 23.7 Å². The summed E-state index contributed by atoms with van der Waals surface area (Å²) in [6.45, 7) is 0.757. The molecule has 4 nitrogen and oxygen atoms in total. The number of amides is 2. The maximum Gasteiger partial charge on any atom is 0.417 e. The summed E-state index contributed by atoms with van der Waals surface area (Å²) in [6.07, 6.45) is -3.93. The molecule has 1 aromatic carbocycles. The summed E-state index contributed by atoms with van der Waals surface area (Å²) < 4.78 is 38.3. The maximum absolute atomic E-state index is 12.8. The van der Waals surface area contributed by atoms with Gasteiger partial charge in [-0.3, -0.25) is 0 Å². The molecule has 2 amide bonds. The predicted molar refractivity (Wildman–Crippen MR) is 75.5 cm³/mol. The van der Waals surface area contributed by atoms with Crippen LogP contribution in [0.15, 0.2) is 18.2 Å². The van der Waals surface area contributed by atoms with E-state index in [1.807, 2.05) is 0 Å². The Kier molecular flexibility index (Phi) is 5.18. The number of alkyl halides is 3. The third-order valence-corrected chi connectivity index (χ3v) is 4.01. The van der Waals surface area contributed by atoms with Gasteiger partial charge in [-0.2, -0.15) is 13.2 Å². The summed E-state index contributed by atoms with van der Waals surface area (Å²) in [7, 11) is 0. The molecule has 1 aliphatic rings. The van der Waals surface area contributed by atoms with Crippen molar-refractivity contribution in [3.05, 3.63) is 34.3 Å². The Hall–Kier alpha value is -1.47. The van der Waals surface area contributed by atoms with Gasteiger partial charge in [-0.25, -0.2) is 4.79 Å². The monoisotopic (exact) mass is 336 g/mol. The topological polar surface area (TPSA) is 52.6 Å². The molecule has 0 unspecified atom stereocenters. The normalized spacial score (nSPS) is 16.7. The van der Waals surface area contributed by atoms with E-state index in [-0.39, 0.29) is 18.1 Å². The summed E-state index contributed by atoms with van der Waals surface area (Å²) in [5, 5.41) is 11.5. The molecule has 1 heterocycles. The number of carbonyl (C=O) groups excluding carboxylic acids is 1. The number of hydrogen-bond donors (Lipinski definition) is 2. The molecular formula is C14H16ClF3N2O2. The molecule has 0 aromatic heterocycles. The fraction of sp³-hybridized carbons (Fsp3) is 0.500. The van der Waals surface area contributed by atoms with Crippen molar-refractivity contribution in [2.45, 2.75) is 31.7 Å². The Balaban J connectivity index is 1.98. The molecule has 0 radical (unpaired) electrons. The van der Waals surface area contributed by atoms with Crippen molar-refractivity contribution in [1.29, 1.82) is 0 Å². The van der Waals surface area contributed by atoms with Crippen LogP contribution in [0.1, 0.15) is 24.0 Å². The Morgan fingerprint density at radius 2 is 2.00 bits per heavy atom. The van der Waals surface area contributed by atoms with Gasteiger partial charge in [-0.05, 0) is 24.5 Å². The minimum absolute atomic E-state index is 0.0827. The van der Waals surface area contributed by atoms with E-state index < -0.39 is 22.9 Å². The van der Waals surface area contributed by atoms with E-state index in [0.29, 0.717) is 25.9 Å². The molecule has 0 saturated carbocycles. The van der Waals surface area contributed by atoms with E-state index in [4.69, 9.17) is 11.6 Å². The van der Waals surface area contributed by atoms with Crippen LogP contribution in [-0.4, -0.2) is 35.2 Å². The number of piperidine rings is 1. The van der Waals surface area contributed by atoms with Crippen molar-refractivity contribution in [3.8, 4) is 0 Å². The average Bonchev–Trinajstić information content (AvgIpc) is 2.45. The lowest BCUT2D eigenvalue weighted by molar-refractivity contribution is -0.137. The largest absolute Gasteiger partial charge is 0.417 e. The van der Waals surface area contributed by atoms with Gasteiger partial charge in [0.25, 0.3) is 0 Å². The maximum atomic E-state index is 12.8. The number of hydrogen-bond acceptors (Lipinski definition) is 2. The minimum atomic E-state index is -4.53. The highest BCUT2D eigenvalue weighted by atomic mass is 35.5. The number of nitrogens with one attached hydrogen (secondary N) is 1. The lowest BCUT2D eigenvalue weighted by atomic mass is 10.1. The first-order chi connectivity index (χ1) is 10.3. The number of aliphatic hydroxyl groups is 1. The second-order valence-electron chi connectivity index (χ2n) is 5.15. The van der Waals surface area contributed by atoms with Gasteiger partial charge in [-0.15, -0.1) is 0 Å². The first-order valence-corrected chi connectivity index (χ1v) is 7.22. The highest BCUT2D eigenvalue weighted by Crippen LogP contribution is 2.36. The smallest absolute Gasteiger partial charge is 0.393 e. The molecule has 22 heavy (non-hydrogen) atoms. The third kappa shape index (κ3) is 4.04. The lowest BCUT2D eigenvalue weighted by Crippen LogP contribution is -2.45. The number of aliphatic hydroxyl groups excluding tert-OH is 1. The van der Waals surface area contributed by atoms with Crippen molar-refractivity contribution in [2.75, 3.05) is 13.1 Å². The zero-order valence-corrected chi connectivity index (χ0v) is 12.4. The third-order valence-electron chi connectivity index (χ3n) is 3.57. The molecule has 1 saturated heterocycles. The Morgan fingerprint density at radius 1 is 1.36 bits per heavy atom. The summed E-state index contributed by atoms with van der Waals surface area (Å²) in [5.74, 6) is 0. The van der Waals surface area contributed by atoms with E-state index in [1.165, 1.54) is 17.0 Å². The van der Waals surface area contributed by atoms with Crippen LogP contribution < -0.4 is 5.32 Å². The molecule has 1 aliphatic heterocycles.